The van der Waals surface area contributed by atoms with Gasteiger partial charge in [0.2, 0.25) is 29.5 Å². The summed E-state index contributed by atoms with van der Waals surface area (Å²) in [6.45, 7) is 0. The van der Waals surface area contributed by atoms with E-state index in [2.05, 4.69) is 70.0 Å². The molecule has 8 unspecified atom stereocenters. The number of imide groups is 4. The second-order valence-electron chi connectivity index (χ2n) is 31.0. The Kier molecular flexibility index (Phi) is 35.5. The van der Waals surface area contributed by atoms with Gasteiger partial charge in [0.15, 0.2) is 11.6 Å². The number of thiophene rings is 9. The summed E-state index contributed by atoms with van der Waals surface area (Å²) >= 11 is 17.7. The van der Waals surface area contributed by atoms with Crippen molar-refractivity contribution in [3.05, 3.63) is 417 Å². The number of carbonyl (C=O) groups is 13. The van der Waals surface area contributed by atoms with Gasteiger partial charge in [0.05, 0.1) is 78.3 Å². The standard InChI is InChI=1S/2C20H15NO3S2.2C15H13NO2S.C14H13NS.C10H11NO.C6H6O2S.C5H3ClOS/c2*22-18(16-8-4-10-25-16)14-12-15(13-6-2-1-3-7-13)21(19(14)23)20(24)17-9-5-11-26-17;2*17-14-9-8-12(11-5-2-1-3-6-11)16(14)15(18)13-7-4-10-19-13;1-2-5-11(6-3-1)12-8-9-13(15-12)14-7-4-10-16-14;12-10-7-6-9(11-10)8-4-2-1-3-5-8;1-8-6(7)5-3-2-4-9-5;6-5(7)4-1-2-8-3-4/h2*1-11,14-15H,12H2;2*1-7,10,12H,8-9H2;1-7,10,12H,8-9H2;1-5,9H,6-7H2,(H,11,12);2-4H,1H3;1-3H. The van der Waals surface area contributed by atoms with Crippen LogP contribution in [-0.2, 0) is 28.7 Å². The highest BCUT2D eigenvalue weighted by atomic mass is 35.5. The first-order valence-corrected chi connectivity index (χ1v) is 51.5. The molecule has 1 N–H and O–H groups in total. The van der Waals surface area contributed by atoms with E-state index in [1.54, 1.807) is 100 Å². The molecule has 6 aliphatic rings. The third kappa shape index (κ3) is 25.4. The predicted molar refractivity (Wildman–Crippen MR) is 537 cm³/mol. The van der Waals surface area contributed by atoms with E-state index >= 15 is 0 Å². The van der Waals surface area contributed by atoms with E-state index in [0.29, 0.717) is 90.7 Å². The number of nitrogens with zero attached hydrogens (tertiary/aromatic N) is 5. The van der Waals surface area contributed by atoms with Crippen molar-refractivity contribution in [2.75, 3.05) is 7.11 Å². The van der Waals surface area contributed by atoms with Crippen molar-refractivity contribution in [3.63, 3.8) is 0 Å². The maximum Gasteiger partial charge on any atom is 0.348 e. The van der Waals surface area contributed by atoms with Gasteiger partial charge in [0.1, 0.15) is 16.7 Å². The van der Waals surface area contributed by atoms with Crippen LogP contribution in [0.4, 0.5) is 0 Å². The number of halogens is 1. The summed E-state index contributed by atoms with van der Waals surface area (Å²) in [7, 11) is 1.38. The highest BCUT2D eigenvalue weighted by Gasteiger charge is 2.50. The first-order chi connectivity index (χ1) is 65.8. The van der Waals surface area contributed by atoms with Gasteiger partial charge < -0.3 is 10.1 Å². The van der Waals surface area contributed by atoms with Crippen LogP contribution < -0.4 is 5.32 Å². The van der Waals surface area contributed by atoms with E-state index in [4.69, 9.17) is 16.6 Å². The highest BCUT2D eigenvalue weighted by Crippen LogP contribution is 2.44. The minimum Gasteiger partial charge on any atom is -0.465 e. The normalized spacial score (nSPS) is 18.4. The molecule has 20 nitrogen and oxygen atoms in total. The number of rotatable bonds is 17. The van der Waals surface area contributed by atoms with Crippen LogP contribution in [0.5, 0.6) is 0 Å². The third-order valence-electron chi connectivity index (χ3n) is 22.5. The largest absolute Gasteiger partial charge is 0.465 e. The lowest BCUT2D eigenvalue weighted by molar-refractivity contribution is -0.129. The molecule has 135 heavy (non-hydrogen) atoms. The van der Waals surface area contributed by atoms with E-state index in [1.807, 2.05) is 190 Å². The lowest BCUT2D eigenvalue weighted by atomic mass is 9.96. The predicted octanol–water partition coefficient (Wildman–Crippen LogP) is 24.7. The quantitative estimate of drug-likeness (QED) is 0.0292. The van der Waals surface area contributed by atoms with Crippen molar-refractivity contribution >= 4 is 195 Å². The average Bonchev–Trinajstić information content (AvgIpc) is 1.62. The Bertz CT molecular complexity index is 6170. The maximum absolute atomic E-state index is 13.1. The molecule has 9 aromatic heterocycles. The Morgan fingerprint density at radius 2 is 0.681 bits per heavy atom. The first-order valence-electron chi connectivity index (χ1n) is 43.1. The molecular weight excluding hydrogens is 1890 g/mol. The van der Waals surface area contributed by atoms with Gasteiger partial charge in [0.25, 0.3) is 28.9 Å². The van der Waals surface area contributed by atoms with Crippen molar-refractivity contribution in [1.82, 2.24) is 24.9 Å². The fourth-order valence-corrected chi connectivity index (χ4v) is 22.3. The summed E-state index contributed by atoms with van der Waals surface area (Å²) in [5, 5.41) is 21.0. The van der Waals surface area contributed by atoms with Crippen molar-refractivity contribution in [3.8, 4) is 0 Å². The molecule has 9 amide bonds. The molecule has 30 heteroatoms. The number of nitrogens with one attached hydrogen (secondary N) is 1. The number of hydrogen-bond acceptors (Lipinski definition) is 24. The van der Waals surface area contributed by atoms with E-state index in [0.717, 1.165) is 41.5 Å². The number of methoxy groups -OCH3 is 1. The lowest BCUT2D eigenvalue weighted by Crippen LogP contribution is -2.36. The zero-order chi connectivity index (χ0) is 94.5. The highest BCUT2D eigenvalue weighted by molar-refractivity contribution is 7.14. The summed E-state index contributed by atoms with van der Waals surface area (Å²) in [4.78, 5) is 174. The second-order valence-corrected chi connectivity index (χ2v) is 39.7. The van der Waals surface area contributed by atoms with E-state index in [-0.39, 0.29) is 82.3 Å². The van der Waals surface area contributed by atoms with Crippen LogP contribution in [0.2, 0.25) is 0 Å². The minimum absolute atomic E-state index is 0.0766. The molecule has 15 aromatic rings. The van der Waals surface area contributed by atoms with Crippen LogP contribution in [-0.4, -0.2) is 108 Å². The van der Waals surface area contributed by atoms with Crippen molar-refractivity contribution in [2.45, 2.75) is 100 Å². The van der Waals surface area contributed by atoms with Gasteiger partial charge in [-0.2, -0.15) is 11.3 Å². The summed E-state index contributed by atoms with van der Waals surface area (Å²) in [6, 6.07) is 89.3. The molecule has 0 bridgehead atoms. The molecule has 5 saturated heterocycles. The number of likely N-dealkylation sites (tertiary alicyclic amines) is 4. The molecule has 0 spiro atoms. The second kappa shape index (κ2) is 48.8. The number of hydrogen-bond donors (Lipinski definition) is 1. The monoisotopic (exact) mass is 1980 g/mol. The van der Waals surface area contributed by atoms with Gasteiger partial charge in [-0.15, -0.1) is 90.7 Å². The van der Waals surface area contributed by atoms with Crippen LogP contribution in [0.1, 0.15) is 217 Å². The molecule has 0 aliphatic carbocycles. The Balaban J connectivity index is 0.000000127. The first kappa shape index (κ1) is 98.1. The molecule has 6 aromatic carbocycles. The fourth-order valence-electron chi connectivity index (χ4n) is 16.0. The van der Waals surface area contributed by atoms with E-state index in [1.165, 1.54) is 139 Å². The summed E-state index contributed by atoms with van der Waals surface area (Å²) < 4.78 is 4.47. The number of carbonyl (C=O) groups excluding carboxylic acids is 13. The van der Waals surface area contributed by atoms with Gasteiger partial charge in [-0.3, -0.25) is 82.1 Å². The summed E-state index contributed by atoms with van der Waals surface area (Å²) in [5.41, 5.74) is 8.20. The molecule has 0 saturated carbocycles. The molecule has 21 rings (SSSR count). The molecule has 5 fully saturated rings. The minimum atomic E-state index is -0.817. The molecule has 684 valence electrons. The molecule has 6 aliphatic heterocycles. The van der Waals surface area contributed by atoms with E-state index < -0.39 is 35.7 Å². The Morgan fingerprint density at radius 3 is 1.00 bits per heavy atom. The van der Waals surface area contributed by atoms with Gasteiger partial charge in [-0.25, -0.2) is 4.79 Å². The zero-order valence-corrected chi connectivity index (χ0v) is 80.7. The average molecular weight is 1980 g/mol. The van der Waals surface area contributed by atoms with Crippen LogP contribution in [0.3, 0.4) is 0 Å². The number of Topliss-reactive ketones (excluding diaryl/α,β-unsaturated/α-hetero) is 2. The van der Waals surface area contributed by atoms with Crippen LogP contribution in [0.15, 0.2) is 344 Å². The number of ketones is 2. The summed E-state index contributed by atoms with van der Waals surface area (Å²) in [6.07, 6.45) is 6.79. The van der Waals surface area contributed by atoms with Crippen LogP contribution in [0.25, 0.3) is 0 Å². The van der Waals surface area contributed by atoms with Gasteiger partial charge in [-0.05, 0) is 193 Å². The topological polar surface area (TPSA) is 268 Å². The molecule has 0 radical (unpaired) electrons. The Morgan fingerprint density at radius 1 is 0.341 bits per heavy atom. The smallest absolute Gasteiger partial charge is 0.348 e. The molecule has 15 heterocycles. The van der Waals surface area contributed by atoms with Crippen LogP contribution in [0, 0.1) is 11.8 Å². The van der Waals surface area contributed by atoms with E-state index in [9.17, 15) is 62.3 Å². The van der Waals surface area contributed by atoms with Crippen molar-refractivity contribution in [2.24, 2.45) is 16.8 Å². The van der Waals surface area contributed by atoms with Crippen molar-refractivity contribution in [1.29, 1.82) is 0 Å². The SMILES string of the molecule is COC(=O)c1cccs1.O=C(Cl)c1ccsc1.O=C(c1cccs1)C1CC(c2ccccc2)N(C(=O)c2cccs2)C1=O.O=C(c1cccs1)C1CC(c2ccccc2)N(C(=O)c2cccs2)C1=O.O=C1CCC(c2ccccc2)N1.O=C1CCC(c2ccccc2)N1C(=O)c1cccs1.O=C1CCC(c2ccccc2)N1C(=O)c1cccs1.c1ccc(C2CCC(c3cccs3)=N2)cc1. The molecular formula is C105H89ClN6O14S9. The van der Waals surface area contributed by atoms with Gasteiger partial charge >= 0.3 is 5.97 Å². The Labute approximate surface area is 821 Å². The maximum atomic E-state index is 13.1. The fraction of sp³-hybridized carbons (Fsp3) is 0.181. The van der Waals surface area contributed by atoms with Gasteiger partial charge in [-0.1, -0.05) is 231 Å². The number of benzene rings is 6. The van der Waals surface area contributed by atoms with Gasteiger partial charge in [0, 0.05) is 35.1 Å². The summed E-state index contributed by atoms with van der Waals surface area (Å²) in [5.74, 6) is -4.11. The number of amides is 9. The number of ether oxygens (including phenoxy) is 1. The number of esters is 1. The molecule has 8 atom stereocenters. The number of aliphatic imine (C=N–C) groups is 1. The lowest BCUT2D eigenvalue weighted by Gasteiger charge is -2.22. The van der Waals surface area contributed by atoms with Crippen molar-refractivity contribution < 1.29 is 67.1 Å². The third-order valence-corrected chi connectivity index (χ3v) is 30.4. The van der Waals surface area contributed by atoms with Crippen LogP contribution >= 0.6 is 114 Å². The zero-order valence-electron chi connectivity index (χ0n) is 72.6. The Hall–Kier alpha value is -12.9.